The molecule has 0 fully saturated rings. The van der Waals surface area contributed by atoms with Crippen molar-refractivity contribution in [1.29, 1.82) is 0 Å². The van der Waals surface area contributed by atoms with Crippen molar-refractivity contribution in [2.24, 2.45) is 0 Å². The van der Waals surface area contributed by atoms with Crippen LogP contribution in [0.15, 0.2) is 25.3 Å². The summed E-state index contributed by atoms with van der Waals surface area (Å²) in [6, 6.07) is 3.45. The Hall–Kier alpha value is -1.57. The van der Waals surface area contributed by atoms with Crippen LogP contribution in [0.2, 0.25) is 0 Å². The molecule has 0 saturated carbocycles. The van der Waals surface area contributed by atoms with Crippen molar-refractivity contribution in [3.05, 3.63) is 47.9 Å². The highest BCUT2D eigenvalue weighted by molar-refractivity contribution is 5.85. The maximum absolute atomic E-state index is 13.2. The van der Waals surface area contributed by atoms with Crippen LogP contribution in [0.25, 0.3) is 10.9 Å². The van der Waals surface area contributed by atoms with Crippen LogP contribution in [0.1, 0.15) is 44.5 Å². The minimum atomic E-state index is -0.145. The highest BCUT2D eigenvalue weighted by atomic mass is 19.1. The third kappa shape index (κ3) is 4.90. The number of halogens is 1. The second-order valence-electron chi connectivity index (χ2n) is 3.52. The quantitative estimate of drug-likeness (QED) is 0.555. The van der Waals surface area contributed by atoms with Crippen LogP contribution in [0.3, 0.4) is 0 Å². The van der Waals surface area contributed by atoms with Gasteiger partial charge in [0.05, 0.1) is 0 Å². The minimum Gasteiger partial charge on any atom is -0.358 e. The number of fused-ring (bicyclic) bond motifs is 1. The lowest BCUT2D eigenvalue weighted by molar-refractivity contribution is 0.620. The molecule has 1 aromatic heterocycles. The Morgan fingerprint density at radius 2 is 1.42 bits per heavy atom. The number of rotatable bonds is 0. The van der Waals surface area contributed by atoms with Crippen molar-refractivity contribution in [2.75, 3.05) is 0 Å². The van der Waals surface area contributed by atoms with Gasteiger partial charge < -0.3 is 4.98 Å². The molecule has 2 aromatic rings. The van der Waals surface area contributed by atoms with Crippen molar-refractivity contribution in [1.82, 2.24) is 4.98 Å². The van der Waals surface area contributed by atoms with Gasteiger partial charge in [-0.15, -0.1) is 13.2 Å². The number of aromatic amines is 1. The van der Waals surface area contributed by atoms with Gasteiger partial charge in [0.25, 0.3) is 0 Å². The van der Waals surface area contributed by atoms with Crippen molar-refractivity contribution in [2.45, 2.75) is 48.5 Å². The standard InChI is InChI=1S/C11H12FN.2C2H6.C2H4/c1-6-4-9-7(2)8(3)13-11(9)5-10(6)12;3*1-2/h4-5,13H,1-3H3;2*1-2H3;1-2H2. The summed E-state index contributed by atoms with van der Waals surface area (Å²) in [4.78, 5) is 3.15. The zero-order valence-electron chi connectivity index (χ0n) is 13.4. The van der Waals surface area contributed by atoms with Crippen LogP contribution < -0.4 is 0 Å². The summed E-state index contributed by atoms with van der Waals surface area (Å²) in [7, 11) is 0. The van der Waals surface area contributed by atoms with E-state index in [1.807, 2.05) is 47.6 Å². The van der Waals surface area contributed by atoms with Gasteiger partial charge in [-0.1, -0.05) is 27.7 Å². The first-order chi connectivity index (χ1) is 9.09. The molecule has 0 bridgehead atoms. The predicted molar refractivity (Wildman–Crippen MR) is 86.4 cm³/mol. The molecule has 0 aliphatic rings. The first-order valence-corrected chi connectivity index (χ1v) is 6.84. The molecular weight excluding hydrogens is 237 g/mol. The SMILES string of the molecule is C=C.CC.CC.Cc1cc2c(C)c(C)[nH]c2cc1F. The maximum Gasteiger partial charge on any atom is 0.128 e. The van der Waals surface area contributed by atoms with Gasteiger partial charge in [0.1, 0.15) is 5.82 Å². The number of hydrogen-bond acceptors (Lipinski definition) is 0. The molecule has 0 radical (unpaired) electrons. The van der Waals surface area contributed by atoms with Crippen molar-refractivity contribution >= 4 is 10.9 Å². The summed E-state index contributed by atoms with van der Waals surface area (Å²) >= 11 is 0. The summed E-state index contributed by atoms with van der Waals surface area (Å²) in [5.74, 6) is -0.145. The van der Waals surface area contributed by atoms with Gasteiger partial charge in [0.2, 0.25) is 0 Å². The fourth-order valence-corrected chi connectivity index (χ4v) is 1.59. The number of benzene rings is 1. The summed E-state index contributed by atoms with van der Waals surface area (Å²) in [6.45, 7) is 19.8. The largest absolute Gasteiger partial charge is 0.358 e. The average Bonchev–Trinajstić information content (AvgIpc) is 2.73. The molecule has 2 rings (SSSR count). The van der Waals surface area contributed by atoms with Gasteiger partial charge in [0, 0.05) is 16.6 Å². The summed E-state index contributed by atoms with van der Waals surface area (Å²) in [5.41, 5.74) is 3.91. The molecule has 2 heteroatoms. The van der Waals surface area contributed by atoms with Gasteiger partial charge >= 0.3 is 0 Å². The van der Waals surface area contributed by atoms with Gasteiger partial charge in [-0.2, -0.15) is 0 Å². The second kappa shape index (κ2) is 10.4. The lowest BCUT2D eigenvalue weighted by Gasteiger charge is -1.96. The van der Waals surface area contributed by atoms with E-state index in [-0.39, 0.29) is 5.82 Å². The Kier molecular flexibility index (Phi) is 10.8. The van der Waals surface area contributed by atoms with E-state index in [0.717, 1.165) is 16.6 Å². The molecule has 1 nitrogen and oxygen atoms in total. The van der Waals surface area contributed by atoms with E-state index in [2.05, 4.69) is 18.1 Å². The fraction of sp³-hybridized carbons (Fsp3) is 0.412. The lowest BCUT2D eigenvalue weighted by atomic mass is 10.1. The molecule has 108 valence electrons. The van der Waals surface area contributed by atoms with Gasteiger partial charge in [-0.3, -0.25) is 0 Å². The summed E-state index contributed by atoms with van der Waals surface area (Å²) in [6.07, 6.45) is 0. The number of H-pyrrole nitrogens is 1. The van der Waals surface area contributed by atoms with Crippen LogP contribution in [-0.4, -0.2) is 4.98 Å². The monoisotopic (exact) mass is 265 g/mol. The van der Waals surface area contributed by atoms with Crippen molar-refractivity contribution < 1.29 is 4.39 Å². The fourth-order valence-electron chi connectivity index (χ4n) is 1.59. The van der Waals surface area contributed by atoms with Crippen LogP contribution in [0, 0.1) is 26.6 Å². The Morgan fingerprint density at radius 3 is 1.89 bits per heavy atom. The van der Waals surface area contributed by atoms with E-state index >= 15 is 0 Å². The molecule has 19 heavy (non-hydrogen) atoms. The summed E-state index contributed by atoms with van der Waals surface area (Å²) in [5, 5.41) is 1.12. The van der Waals surface area contributed by atoms with E-state index in [9.17, 15) is 4.39 Å². The molecule has 0 aliphatic carbocycles. The molecule has 1 N–H and O–H groups in total. The maximum atomic E-state index is 13.2. The number of aromatic nitrogens is 1. The van der Waals surface area contributed by atoms with Crippen LogP contribution in [0.4, 0.5) is 4.39 Å². The van der Waals surface area contributed by atoms with Crippen LogP contribution >= 0.6 is 0 Å². The zero-order chi connectivity index (χ0) is 15.6. The zero-order valence-corrected chi connectivity index (χ0v) is 13.4. The average molecular weight is 265 g/mol. The molecular formula is C17H28FN. The van der Waals surface area contributed by atoms with Gasteiger partial charge in [-0.05, 0) is 44.0 Å². The molecule has 0 amide bonds. The molecule has 1 aromatic carbocycles. The third-order valence-electron chi connectivity index (χ3n) is 2.59. The van der Waals surface area contributed by atoms with E-state index in [1.165, 1.54) is 5.56 Å². The number of nitrogens with one attached hydrogen (secondary N) is 1. The van der Waals surface area contributed by atoms with Crippen LogP contribution in [-0.2, 0) is 0 Å². The predicted octanol–water partition coefficient (Wildman–Crippen LogP) is 6.09. The topological polar surface area (TPSA) is 15.8 Å². The number of hydrogen-bond donors (Lipinski definition) is 1. The van der Waals surface area contributed by atoms with E-state index < -0.39 is 0 Å². The van der Waals surface area contributed by atoms with E-state index in [4.69, 9.17) is 0 Å². The van der Waals surface area contributed by atoms with Gasteiger partial charge in [0.15, 0.2) is 0 Å². The smallest absolute Gasteiger partial charge is 0.128 e. The lowest BCUT2D eigenvalue weighted by Crippen LogP contribution is -1.81. The highest BCUT2D eigenvalue weighted by Gasteiger charge is 2.06. The Labute approximate surface area is 117 Å². The van der Waals surface area contributed by atoms with Crippen molar-refractivity contribution in [3.63, 3.8) is 0 Å². The van der Waals surface area contributed by atoms with E-state index in [0.29, 0.717) is 5.56 Å². The highest BCUT2D eigenvalue weighted by Crippen LogP contribution is 2.23. The first kappa shape index (κ1) is 19.8. The Balaban J connectivity index is 0. The molecule has 0 spiro atoms. The molecule has 0 saturated heterocycles. The normalized spacial score (nSPS) is 8.42. The van der Waals surface area contributed by atoms with Gasteiger partial charge in [-0.25, -0.2) is 4.39 Å². The minimum absolute atomic E-state index is 0.145. The first-order valence-electron chi connectivity index (χ1n) is 6.84. The molecule has 0 unspecified atom stereocenters. The third-order valence-corrected chi connectivity index (χ3v) is 2.59. The van der Waals surface area contributed by atoms with Crippen molar-refractivity contribution in [3.8, 4) is 0 Å². The second-order valence-corrected chi connectivity index (χ2v) is 3.52. The van der Waals surface area contributed by atoms with Crippen LogP contribution in [0.5, 0.6) is 0 Å². The Morgan fingerprint density at radius 1 is 0.947 bits per heavy atom. The van der Waals surface area contributed by atoms with E-state index in [1.54, 1.807) is 13.0 Å². The molecule has 0 atom stereocenters. The Bertz CT molecular complexity index is 483. The summed E-state index contributed by atoms with van der Waals surface area (Å²) < 4.78 is 13.2. The molecule has 0 aliphatic heterocycles. The number of aryl methyl sites for hydroxylation is 3. The molecule has 1 heterocycles.